The predicted octanol–water partition coefficient (Wildman–Crippen LogP) is 2.88. The van der Waals surface area contributed by atoms with E-state index in [1.807, 2.05) is 30.3 Å². The van der Waals surface area contributed by atoms with E-state index < -0.39 is 0 Å². The first kappa shape index (κ1) is 13.7. The summed E-state index contributed by atoms with van der Waals surface area (Å²) in [6.45, 7) is 0. The second kappa shape index (κ2) is 6.44. The number of ether oxygens (including phenoxy) is 2. The van der Waals surface area contributed by atoms with E-state index in [0.717, 1.165) is 16.9 Å². The molecule has 0 saturated heterocycles. The van der Waals surface area contributed by atoms with E-state index in [1.165, 1.54) is 7.11 Å². The Balaban J connectivity index is 2.26. The fraction of sp³-hybridized carbons (Fsp3) is 0.118. The van der Waals surface area contributed by atoms with Crippen LogP contribution in [0.2, 0.25) is 0 Å². The number of hydrogen-bond acceptors (Lipinski definition) is 3. The van der Waals surface area contributed by atoms with Crippen molar-refractivity contribution in [1.29, 1.82) is 0 Å². The number of esters is 1. The van der Waals surface area contributed by atoms with E-state index in [-0.39, 0.29) is 5.97 Å². The molecule has 0 N–H and O–H groups in total. The number of rotatable bonds is 2. The fourth-order valence-corrected chi connectivity index (χ4v) is 1.69. The van der Waals surface area contributed by atoms with E-state index in [0.29, 0.717) is 5.56 Å². The summed E-state index contributed by atoms with van der Waals surface area (Å²) in [6.07, 6.45) is 0. The van der Waals surface area contributed by atoms with Crippen LogP contribution < -0.4 is 4.74 Å². The quantitative estimate of drug-likeness (QED) is 0.619. The Hall–Kier alpha value is -2.73. The van der Waals surface area contributed by atoms with Gasteiger partial charge in [-0.15, -0.1) is 0 Å². The molecule has 0 heterocycles. The lowest BCUT2D eigenvalue weighted by atomic mass is 10.1. The van der Waals surface area contributed by atoms with Crippen LogP contribution >= 0.6 is 0 Å². The van der Waals surface area contributed by atoms with Crippen LogP contribution in [-0.2, 0) is 4.74 Å². The van der Waals surface area contributed by atoms with Crippen molar-refractivity contribution in [2.75, 3.05) is 14.2 Å². The highest BCUT2D eigenvalue weighted by atomic mass is 16.5. The summed E-state index contributed by atoms with van der Waals surface area (Å²) in [5.41, 5.74) is 2.11. The molecule has 0 amide bonds. The smallest absolute Gasteiger partial charge is 0.337 e. The van der Waals surface area contributed by atoms with Gasteiger partial charge in [0, 0.05) is 11.1 Å². The number of benzene rings is 2. The Bertz CT molecular complexity index is 678. The Kier molecular flexibility index (Phi) is 4.41. The molecule has 3 nitrogen and oxygen atoms in total. The molecule has 0 fully saturated rings. The molecule has 0 saturated carbocycles. The SMILES string of the molecule is COC(=O)c1cccc(C#Cc2cccc(OC)c2)c1. The van der Waals surface area contributed by atoms with Gasteiger partial charge in [0.15, 0.2) is 0 Å². The van der Waals surface area contributed by atoms with E-state index in [1.54, 1.807) is 25.3 Å². The highest BCUT2D eigenvalue weighted by Gasteiger charge is 2.04. The van der Waals surface area contributed by atoms with E-state index in [2.05, 4.69) is 16.6 Å². The van der Waals surface area contributed by atoms with Crippen molar-refractivity contribution in [3.05, 3.63) is 65.2 Å². The van der Waals surface area contributed by atoms with Crippen LogP contribution in [0, 0.1) is 11.8 Å². The van der Waals surface area contributed by atoms with Gasteiger partial charge in [0.1, 0.15) is 5.75 Å². The summed E-state index contributed by atoms with van der Waals surface area (Å²) in [4.78, 5) is 11.4. The largest absolute Gasteiger partial charge is 0.497 e. The molecule has 0 aliphatic carbocycles. The standard InChI is InChI=1S/C17H14O3/c1-19-16-8-4-6-14(12-16)10-9-13-5-3-7-15(11-13)17(18)20-2/h3-8,11-12H,1-2H3. The zero-order chi connectivity index (χ0) is 14.4. The molecule has 0 radical (unpaired) electrons. The van der Waals surface area contributed by atoms with Crippen LogP contribution in [0.15, 0.2) is 48.5 Å². The molecule has 20 heavy (non-hydrogen) atoms. The molecule has 0 aromatic heterocycles. The van der Waals surface area contributed by atoms with Gasteiger partial charge >= 0.3 is 5.97 Å². The van der Waals surface area contributed by atoms with Crippen LogP contribution in [0.4, 0.5) is 0 Å². The number of carbonyl (C=O) groups excluding carboxylic acids is 1. The highest BCUT2D eigenvalue weighted by molar-refractivity contribution is 5.89. The predicted molar refractivity (Wildman–Crippen MR) is 76.8 cm³/mol. The van der Waals surface area contributed by atoms with Gasteiger partial charge in [-0.05, 0) is 36.4 Å². The lowest BCUT2D eigenvalue weighted by molar-refractivity contribution is 0.0600. The molecule has 0 bridgehead atoms. The Morgan fingerprint density at radius 3 is 2.25 bits per heavy atom. The molecule has 2 aromatic rings. The zero-order valence-electron chi connectivity index (χ0n) is 11.3. The minimum Gasteiger partial charge on any atom is -0.497 e. The van der Waals surface area contributed by atoms with E-state index in [9.17, 15) is 4.79 Å². The summed E-state index contributed by atoms with van der Waals surface area (Å²) in [6, 6.07) is 14.5. The van der Waals surface area contributed by atoms with Crippen molar-refractivity contribution in [2.24, 2.45) is 0 Å². The van der Waals surface area contributed by atoms with Crippen LogP contribution in [0.5, 0.6) is 5.75 Å². The topological polar surface area (TPSA) is 35.5 Å². The Labute approximate surface area is 118 Å². The summed E-state index contributed by atoms with van der Waals surface area (Å²) < 4.78 is 9.82. The summed E-state index contributed by atoms with van der Waals surface area (Å²) >= 11 is 0. The second-order valence-corrected chi connectivity index (χ2v) is 4.05. The Morgan fingerprint density at radius 2 is 1.60 bits per heavy atom. The molecule has 0 aliphatic heterocycles. The molecule has 2 rings (SSSR count). The first-order valence-electron chi connectivity index (χ1n) is 6.07. The zero-order valence-corrected chi connectivity index (χ0v) is 11.3. The van der Waals surface area contributed by atoms with Gasteiger partial charge < -0.3 is 9.47 Å². The highest BCUT2D eigenvalue weighted by Crippen LogP contribution is 2.12. The molecule has 100 valence electrons. The van der Waals surface area contributed by atoms with Crippen molar-refractivity contribution in [3.63, 3.8) is 0 Å². The third-order valence-electron chi connectivity index (χ3n) is 2.70. The normalized spacial score (nSPS) is 9.30. The first-order valence-corrected chi connectivity index (χ1v) is 6.07. The van der Waals surface area contributed by atoms with Crippen LogP contribution in [-0.4, -0.2) is 20.2 Å². The van der Waals surface area contributed by atoms with Gasteiger partial charge in [-0.2, -0.15) is 0 Å². The Morgan fingerprint density at radius 1 is 0.950 bits per heavy atom. The van der Waals surface area contributed by atoms with Gasteiger partial charge in [-0.1, -0.05) is 24.0 Å². The van der Waals surface area contributed by atoms with Crippen LogP contribution in [0.25, 0.3) is 0 Å². The minimum absolute atomic E-state index is 0.366. The molecule has 0 atom stereocenters. The maximum atomic E-state index is 11.4. The van der Waals surface area contributed by atoms with E-state index in [4.69, 9.17) is 4.74 Å². The number of carbonyl (C=O) groups is 1. The molecule has 0 aliphatic rings. The first-order chi connectivity index (χ1) is 9.72. The van der Waals surface area contributed by atoms with Crippen molar-refractivity contribution in [1.82, 2.24) is 0 Å². The van der Waals surface area contributed by atoms with Gasteiger partial charge in [0.05, 0.1) is 19.8 Å². The fourth-order valence-electron chi connectivity index (χ4n) is 1.69. The number of methoxy groups -OCH3 is 2. The van der Waals surface area contributed by atoms with Gasteiger partial charge in [-0.3, -0.25) is 0 Å². The summed E-state index contributed by atoms with van der Waals surface area (Å²) in [7, 11) is 2.98. The van der Waals surface area contributed by atoms with Crippen molar-refractivity contribution >= 4 is 5.97 Å². The van der Waals surface area contributed by atoms with Crippen LogP contribution in [0.1, 0.15) is 21.5 Å². The van der Waals surface area contributed by atoms with Gasteiger partial charge in [0.25, 0.3) is 0 Å². The average Bonchev–Trinajstić information content (AvgIpc) is 2.52. The lowest BCUT2D eigenvalue weighted by Gasteiger charge is -1.99. The molecule has 2 aromatic carbocycles. The minimum atomic E-state index is -0.366. The monoisotopic (exact) mass is 266 g/mol. The molecule has 3 heteroatoms. The van der Waals surface area contributed by atoms with Crippen molar-refractivity contribution in [3.8, 4) is 17.6 Å². The average molecular weight is 266 g/mol. The van der Waals surface area contributed by atoms with Crippen molar-refractivity contribution < 1.29 is 14.3 Å². The molecule has 0 unspecified atom stereocenters. The van der Waals surface area contributed by atoms with E-state index >= 15 is 0 Å². The maximum Gasteiger partial charge on any atom is 0.337 e. The van der Waals surface area contributed by atoms with Crippen molar-refractivity contribution in [2.45, 2.75) is 0 Å². The second-order valence-electron chi connectivity index (χ2n) is 4.05. The molecular formula is C17H14O3. The van der Waals surface area contributed by atoms with Crippen LogP contribution in [0.3, 0.4) is 0 Å². The van der Waals surface area contributed by atoms with Gasteiger partial charge in [-0.25, -0.2) is 4.79 Å². The third kappa shape index (κ3) is 3.39. The molecule has 0 spiro atoms. The number of hydrogen-bond donors (Lipinski definition) is 0. The molecular weight excluding hydrogens is 252 g/mol. The summed E-state index contributed by atoms with van der Waals surface area (Å²) in [5, 5.41) is 0. The third-order valence-corrected chi connectivity index (χ3v) is 2.70. The summed E-state index contributed by atoms with van der Waals surface area (Å²) in [5.74, 6) is 6.45. The lowest BCUT2D eigenvalue weighted by Crippen LogP contribution is -2.00. The maximum absolute atomic E-state index is 11.4. The van der Waals surface area contributed by atoms with Gasteiger partial charge in [0.2, 0.25) is 0 Å².